The minimum Gasteiger partial charge on any atom is -0.322 e. The van der Waals surface area contributed by atoms with Crippen molar-refractivity contribution in [2.45, 2.75) is 18.7 Å². The van der Waals surface area contributed by atoms with Crippen molar-refractivity contribution in [1.29, 1.82) is 0 Å². The molecule has 0 spiro atoms. The quantitative estimate of drug-likeness (QED) is 0.728. The molecule has 1 N–H and O–H groups in total. The standard InChI is InChI=1S/C19H18FN3O3S/c1-3-27(25,26)16-7-4-14(5-8-16)19(24)22-15-6-9-18(17(20)12-15)23-11-10-21-13(23)2/h4-12H,3H2,1-2H3,(H,22,24). The van der Waals surface area contributed by atoms with E-state index in [9.17, 15) is 17.6 Å². The van der Waals surface area contributed by atoms with Crippen LogP contribution in [0.4, 0.5) is 10.1 Å². The van der Waals surface area contributed by atoms with Crippen LogP contribution in [0.5, 0.6) is 0 Å². The third-order valence-corrected chi connectivity index (χ3v) is 5.90. The van der Waals surface area contributed by atoms with Crippen LogP contribution < -0.4 is 5.32 Å². The van der Waals surface area contributed by atoms with Crippen LogP contribution >= 0.6 is 0 Å². The maximum Gasteiger partial charge on any atom is 0.255 e. The molecule has 0 radical (unpaired) electrons. The Kier molecular flexibility index (Phi) is 5.09. The van der Waals surface area contributed by atoms with Gasteiger partial charge in [-0.25, -0.2) is 17.8 Å². The minimum atomic E-state index is -3.32. The summed E-state index contributed by atoms with van der Waals surface area (Å²) >= 11 is 0. The van der Waals surface area contributed by atoms with E-state index in [2.05, 4.69) is 10.3 Å². The smallest absolute Gasteiger partial charge is 0.255 e. The molecule has 3 rings (SSSR count). The van der Waals surface area contributed by atoms with Crippen LogP contribution in [0.15, 0.2) is 59.8 Å². The molecule has 1 aromatic heterocycles. The van der Waals surface area contributed by atoms with Gasteiger partial charge in [-0.1, -0.05) is 6.92 Å². The van der Waals surface area contributed by atoms with Crippen molar-refractivity contribution in [1.82, 2.24) is 9.55 Å². The average Bonchev–Trinajstić information content (AvgIpc) is 3.07. The Morgan fingerprint density at radius 1 is 1.19 bits per heavy atom. The first-order valence-electron chi connectivity index (χ1n) is 8.26. The topological polar surface area (TPSA) is 81.1 Å². The number of hydrogen-bond acceptors (Lipinski definition) is 4. The summed E-state index contributed by atoms with van der Waals surface area (Å²) in [6.07, 6.45) is 3.23. The van der Waals surface area contributed by atoms with Gasteiger partial charge in [-0.2, -0.15) is 0 Å². The summed E-state index contributed by atoms with van der Waals surface area (Å²) in [4.78, 5) is 16.5. The molecule has 0 bridgehead atoms. The van der Waals surface area contributed by atoms with Gasteiger partial charge in [0.2, 0.25) is 0 Å². The number of halogens is 1. The van der Waals surface area contributed by atoms with Crippen LogP contribution in [0, 0.1) is 12.7 Å². The van der Waals surface area contributed by atoms with Crippen LogP contribution in [0.1, 0.15) is 23.1 Å². The molecule has 3 aromatic rings. The zero-order valence-electron chi connectivity index (χ0n) is 14.8. The predicted molar refractivity (Wildman–Crippen MR) is 100 cm³/mol. The summed E-state index contributed by atoms with van der Waals surface area (Å²) in [6, 6.07) is 10.00. The van der Waals surface area contributed by atoms with Crippen molar-refractivity contribution >= 4 is 21.4 Å². The minimum absolute atomic E-state index is 0.0133. The summed E-state index contributed by atoms with van der Waals surface area (Å²) in [5, 5.41) is 2.61. The molecule has 1 heterocycles. The molecule has 0 atom stereocenters. The molecule has 27 heavy (non-hydrogen) atoms. The fourth-order valence-electron chi connectivity index (χ4n) is 2.60. The highest BCUT2D eigenvalue weighted by atomic mass is 32.2. The van der Waals surface area contributed by atoms with E-state index in [0.29, 0.717) is 17.2 Å². The Balaban J connectivity index is 1.78. The monoisotopic (exact) mass is 387 g/mol. The molecular weight excluding hydrogens is 369 g/mol. The fourth-order valence-corrected chi connectivity index (χ4v) is 3.48. The summed E-state index contributed by atoms with van der Waals surface area (Å²) < 4.78 is 39.6. The lowest BCUT2D eigenvalue weighted by atomic mass is 10.2. The van der Waals surface area contributed by atoms with Gasteiger partial charge in [0.05, 0.1) is 16.3 Å². The fraction of sp³-hybridized carbons (Fsp3) is 0.158. The lowest BCUT2D eigenvalue weighted by Gasteiger charge is -2.10. The number of carbonyl (C=O) groups is 1. The average molecular weight is 387 g/mol. The van der Waals surface area contributed by atoms with E-state index in [1.807, 2.05) is 0 Å². The maximum atomic E-state index is 14.4. The maximum absolute atomic E-state index is 14.4. The molecule has 2 aromatic carbocycles. The van der Waals surface area contributed by atoms with Crippen LogP contribution in [0.25, 0.3) is 5.69 Å². The van der Waals surface area contributed by atoms with Crippen molar-refractivity contribution in [2.75, 3.05) is 11.1 Å². The first-order valence-corrected chi connectivity index (χ1v) is 9.91. The molecule has 0 fully saturated rings. The van der Waals surface area contributed by atoms with E-state index in [-0.39, 0.29) is 16.2 Å². The van der Waals surface area contributed by atoms with Crippen LogP contribution in [0.2, 0.25) is 0 Å². The second-order valence-corrected chi connectivity index (χ2v) is 8.17. The van der Waals surface area contributed by atoms with E-state index >= 15 is 0 Å². The first kappa shape index (κ1) is 18.8. The number of aromatic nitrogens is 2. The summed E-state index contributed by atoms with van der Waals surface area (Å²) in [7, 11) is -3.32. The third-order valence-electron chi connectivity index (χ3n) is 4.15. The number of nitrogens with one attached hydrogen (secondary N) is 1. The van der Waals surface area contributed by atoms with Gasteiger partial charge in [0.15, 0.2) is 9.84 Å². The highest BCUT2D eigenvalue weighted by Gasteiger charge is 2.14. The molecule has 140 valence electrons. The van der Waals surface area contributed by atoms with Gasteiger partial charge in [-0.05, 0) is 49.4 Å². The SMILES string of the molecule is CCS(=O)(=O)c1ccc(C(=O)Nc2ccc(-n3ccnc3C)c(F)c2)cc1. The molecule has 0 aliphatic heterocycles. The first-order chi connectivity index (χ1) is 12.8. The second-order valence-electron chi connectivity index (χ2n) is 5.89. The van der Waals surface area contributed by atoms with Crippen LogP contribution in [0.3, 0.4) is 0 Å². The number of anilines is 1. The number of carbonyl (C=O) groups excluding carboxylic acids is 1. The van der Waals surface area contributed by atoms with Gasteiger partial charge in [0.1, 0.15) is 11.6 Å². The molecule has 0 saturated carbocycles. The van der Waals surface area contributed by atoms with Gasteiger partial charge in [-0.15, -0.1) is 0 Å². The predicted octanol–water partition coefficient (Wildman–Crippen LogP) is 3.37. The second kappa shape index (κ2) is 7.32. The number of hydrogen-bond donors (Lipinski definition) is 1. The Bertz CT molecular complexity index is 1090. The van der Waals surface area contributed by atoms with Gasteiger partial charge >= 0.3 is 0 Å². The van der Waals surface area contributed by atoms with Gasteiger partial charge in [-0.3, -0.25) is 4.79 Å². The Labute approximate surface area is 156 Å². The lowest BCUT2D eigenvalue weighted by Crippen LogP contribution is -2.13. The molecule has 0 saturated heterocycles. The number of sulfone groups is 1. The molecule has 1 amide bonds. The number of nitrogens with zero attached hydrogens (tertiary/aromatic N) is 2. The number of imidazole rings is 1. The zero-order valence-corrected chi connectivity index (χ0v) is 15.6. The number of rotatable bonds is 5. The number of amides is 1. The van der Waals surface area contributed by atoms with Crippen molar-refractivity contribution in [3.05, 3.63) is 72.1 Å². The molecule has 0 unspecified atom stereocenters. The van der Waals surface area contributed by atoms with Gasteiger partial charge < -0.3 is 9.88 Å². The van der Waals surface area contributed by atoms with Gasteiger partial charge in [0, 0.05) is 23.6 Å². The highest BCUT2D eigenvalue weighted by Crippen LogP contribution is 2.20. The van der Waals surface area contributed by atoms with E-state index < -0.39 is 21.6 Å². The molecule has 0 aliphatic rings. The lowest BCUT2D eigenvalue weighted by molar-refractivity contribution is 0.102. The van der Waals surface area contributed by atoms with Crippen LogP contribution in [-0.2, 0) is 9.84 Å². The summed E-state index contributed by atoms with van der Waals surface area (Å²) in [5.41, 5.74) is 0.904. The Hall–Kier alpha value is -3.00. The van der Waals surface area contributed by atoms with E-state index in [1.54, 1.807) is 42.9 Å². The van der Waals surface area contributed by atoms with E-state index in [4.69, 9.17) is 0 Å². The van der Waals surface area contributed by atoms with Crippen LogP contribution in [-0.4, -0.2) is 29.6 Å². The van der Waals surface area contributed by atoms with E-state index in [1.165, 1.54) is 30.3 Å². The summed E-state index contributed by atoms with van der Waals surface area (Å²) in [6.45, 7) is 3.32. The number of aryl methyl sites for hydroxylation is 1. The van der Waals surface area contributed by atoms with Gasteiger partial charge in [0.25, 0.3) is 5.91 Å². The third kappa shape index (κ3) is 3.90. The van der Waals surface area contributed by atoms with Crippen molar-refractivity contribution in [3.63, 3.8) is 0 Å². The summed E-state index contributed by atoms with van der Waals surface area (Å²) in [5.74, 6) is -0.326. The number of benzene rings is 2. The van der Waals surface area contributed by atoms with Crippen molar-refractivity contribution in [3.8, 4) is 5.69 Å². The molecule has 0 aliphatic carbocycles. The zero-order chi connectivity index (χ0) is 19.6. The normalized spacial score (nSPS) is 11.4. The Morgan fingerprint density at radius 2 is 1.89 bits per heavy atom. The molecule has 8 heteroatoms. The van der Waals surface area contributed by atoms with Crippen molar-refractivity contribution in [2.24, 2.45) is 0 Å². The molecule has 6 nitrogen and oxygen atoms in total. The largest absolute Gasteiger partial charge is 0.322 e. The highest BCUT2D eigenvalue weighted by molar-refractivity contribution is 7.91. The van der Waals surface area contributed by atoms with Crippen molar-refractivity contribution < 1.29 is 17.6 Å². The molecular formula is C19H18FN3O3S. The Morgan fingerprint density at radius 3 is 2.44 bits per heavy atom. The van der Waals surface area contributed by atoms with E-state index in [0.717, 1.165) is 0 Å².